The van der Waals surface area contributed by atoms with Crippen LogP contribution in [-0.2, 0) is 35.1 Å². The number of sulfonamides is 1. The second kappa shape index (κ2) is 16.4. The van der Waals surface area contributed by atoms with E-state index in [0.717, 1.165) is 4.90 Å². The number of nitrogens with one attached hydrogen (secondary N) is 3. The standard InChI is InChI=1S/C39H52F4N6O8S/c1-6-23-27-20-49(28(23)32(50)47-38(19-24(38)31(40)41)35(52)48-58(54,55)22-16-17-22)34(51)30(37(3,4)5)46-36(53)56-21(2)13-9-7-8-12-18-39(42,43)29-33(57-27)45-26-15-11-10-14-25(26)44-29/h10-11,14-15,21-24,27-28,30-31H,6-9,12-13,16-20H2,1-5H3,(H,46,53)(H,47,50)(H,48,52)/t21-,23-,24+,27+,28+,30-,38-/m1/s1. The van der Waals surface area contributed by atoms with Crippen LogP contribution in [-0.4, -0.2) is 95.2 Å². The number of hydrogen-bond acceptors (Lipinski definition) is 10. The highest BCUT2D eigenvalue weighted by Gasteiger charge is 2.67. The predicted octanol–water partition coefficient (Wildman–Crippen LogP) is 5.34. The number of para-hydroxylation sites is 2. The number of halogens is 4. The SMILES string of the molecule is CC[C@@H]1[C@@H]2CN(C(=O)[C@H](C(C)(C)C)NC(=O)O[C@H](C)CCCCCCC(F)(F)c3nc4ccccc4nc3O2)[C@@H]1C(=O)N[C@]1(C(=O)NS(=O)(=O)C2CC2)C[C@H]1C(F)F. The smallest absolute Gasteiger partial charge is 0.408 e. The zero-order valence-electron chi connectivity index (χ0n) is 33.2. The third kappa shape index (κ3) is 9.13. The molecule has 1 aromatic heterocycles. The Labute approximate surface area is 335 Å². The monoisotopic (exact) mass is 840 g/mol. The summed E-state index contributed by atoms with van der Waals surface area (Å²) in [6, 6.07) is 3.47. The van der Waals surface area contributed by atoms with Crippen LogP contribution in [0.3, 0.4) is 0 Å². The molecule has 19 heteroatoms. The number of alkyl carbamates (subject to hydrolysis) is 1. The first kappa shape index (κ1) is 43.3. The molecule has 58 heavy (non-hydrogen) atoms. The summed E-state index contributed by atoms with van der Waals surface area (Å²) in [4.78, 5) is 65.9. The zero-order chi connectivity index (χ0) is 42.4. The van der Waals surface area contributed by atoms with Crippen molar-refractivity contribution in [2.75, 3.05) is 6.54 Å². The molecule has 4 aliphatic rings. The molecule has 3 heterocycles. The van der Waals surface area contributed by atoms with E-state index in [2.05, 4.69) is 20.6 Å². The van der Waals surface area contributed by atoms with Crippen molar-refractivity contribution in [1.82, 2.24) is 30.2 Å². The van der Waals surface area contributed by atoms with Gasteiger partial charge in [0.2, 0.25) is 34.1 Å². The van der Waals surface area contributed by atoms with Crippen LogP contribution < -0.4 is 20.1 Å². The van der Waals surface area contributed by atoms with Gasteiger partial charge >= 0.3 is 6.09 Å². The lowest BCUT2D eigenvalue weighted by atomic mass is 9.85. The Morgan fingerprint density at radius 2 is 1.67 bits per heavy atom. The van der Waals surface area contributed by atoms with Crippen LogP contribution in [0.15, 0.2) is 24.3 Å². The number of carbonyl (C=O) groups excluding carboxylic acids is 4. The molecule has 2 aliphatic carbocycles. The van der Waals surface area contributed by atoms with Crippen molar-refractivity contribution in [1.29, 1.82) is 0 Å². The molecule has 2 bridgehead atoms. The number of fused-ring (bicyclic) bond motifs is 4. The number of hydrogen-bond donors (Lipinski definition) is 3. The minimum absolute atomic E-state index is 0.0694. The maximum Gasteiger partial charge on any atom is 0.408 e. The normalized spacial score (nSPS) is 29.9. The highest BCUT2D eigenvalue weighted by Crippen LogP contribution is 2.49. The summed E-state index contributed by atoms with van der Waals surface area (Å²) in [7, 11) is -4.21. The topological polar surface area (TPSA) is 186 Å². The van der Waals surface area contributed by atoms with Gasteiger partial charge in [-0.25, -0.2) is 32.0 Å². The number of ether oxygens (including phenoxy) is 2. The van der Waals surface area contributed by atoms with Crippen LogP contribution in [0.2, 0.25) is 0 Å². The van der Waals surface area contributed by atoms with E-state index in [0.29, 0.717) is 25.7 Å². The summed E-state index contributed by atoms with van der Waals surface area (Å²) in [6.07, 6.45) is -4.17. The van der Waals surface area contributed by atoms with Crippen LogP contribution in [0.25, 0.3) is 11.0 Å². The van der Waals surface area contributed by atoms with E-state index in [1.165, 1.54) is 6.07 Å². The highest BCUT2D eigenvalue weighted by atomic mass is 32.2. The molecule has 7 atom stereocenters. The molecule has 320 valence electrons. The quantitative estimate of drug-likeness (QED) is 0.308. The molecule has 0 radical (unpaired) electrons. The maximum absolute atomic E-state index is 16.2. The Kier molecular flexibility index (Phi) is 12.2. The molecular weight excluding hydrogens is 789 g/mol. The number of cyclic esters (lactones) is 1. The van der Waals surface area contributed by atoms with E-state index in [1.807, 2.05) is 4.72 Å². The maximum atomic E-state index is 16.2. The summed E-state index contributed by atoms with van der Waals surface area (Å²) >= 11 is 0. The van der Waals surface area contributed by atoms with Crippen molar-refractivity contribution >= 4 is 44.9 Å². The lowest BCUT2D eigenvalue weighted by Gasteiger charge is -2.36. The van der Waals surface area contributed by atoms with E-state index >= 15 is 8.78 Å². The van der Waals surface area contributed by atoms with Gasteiger partial charge < -0.3 is 25.0 Å². The molecule has 1 saturated heterocycles. The summed E-state index contributed by atoms with van der Waals surface area (Å²) in [5, 5.41) is 4.16. The predicted molar refractivity (Wildman–Crippen MR) is 202 cm³/mol. The van der Waals surface area contributed by atoms with Gasteiger partial charge in [0.1, 0.15) is 29.8 Å². The van der Waals surface area contributed by atoms with Crippen LogP contribution in [0.5, 0.6) is 5.88 Å². The minimum atomic E-state index is -4.21. The third-order valence-electron chi connectivity index (χ3n) is 11.6. The van der Waals surface area contributed by atoms with Gasteiger partial charge in [-0.3, -0.25) is 19.1 Å². The molecule has 3 fully saturated rings. The van der Waals surface area contributed by atoms with Crippen LogP contribution in [0.4, 0.5) is 22.4 Å². The van der Waals surface area contributed by atoms with Crippen molar-refractivity contribution in [3.63, 3.8) is 0 Å². The Hall–Kier alpha value is -4.29. The van der Waals surface area contributed by atoms with Crippen LogP contribution in [0, 0.1) is 17.3 Å². The number of aromatic nitrogens is 2. The van der Waals surface area contributed by atoms with Crippen molar-refractivity contribution in [3.05, 3.63) is 30.0 Å². The molecular formula is C39H52F4N6O8S. The van der Waals surface area contributed by atoms with E-state index < -0.39 is 129 Å². The molecule has 6 rings (SSSR count). The summed E-state index contributed by atoms with van der Waals surface area (Å²) in [6.45, 7) is 7.91. The van der Waals surface area contributed by atoms with Crippen molar-refractivity contribution in [3.8, 4) is 5.88 Å². The Morgan fingerprint density at radius 3 is 2.28 bits per heavy atom. The molecule has 2 aromatic rings. The first-order valence-corrected chi connectivity index (χ1v) is 21.5. The Balaban J connectivity index is 1.42. The molecule has 2 saturated carbocycles. The van der Waals surface area contributed by atoms with Gasteiger partial charge in [0.15, 0.2) is 5.69 Å². The summed E-state index contributed by atoms with van der Waals surface area (Å²) in [5.41, 5.74) is -3.62. The number of alkyl halides is 4. The second-order valence-corrected chi connectivity index (χ2v) is 19.1. The third-order valence-corrected chi connectivity index (χ3v) is 13.4. The first-order valence-electron chi connectivity index (χ1n) is 19.9. The van der Waals surface area contributed by atoms with Gasteiger partial charge in [0, 0.05) is 12.3 Å². The van der Waals surface area contributed by atoms with Crippen LogP contribution >= 0.6 is 0 Å². The van der Waals surface area contributed by atoms with Gasteiger partial charge in [-0.05, 0) is 69.4 Å². The molecule has 0 spiro atoms. The Bertz CT molecular complexity index is 2010. The lowest BCUT2D eigenvalue weighted by Crippen LogP contribution is -2.61. The zero-order valence-corrected chi connectivity index (χ0v) is 34.1. The summed E-state index contributed by atoms with van der Waals surface area (Å²) in [5.74, 6) is -9.98. The number of rotatable bonds is 7. The number of carbonyl (C=O) groups is 4. The molecule has 0 unspecified atom stereocenters. The second-order valence-electron chi connectivity index (χ2n) is 17.1. The van der Waals surface area contributed by atoms with Crippen molar-refractivity contribution in [2.45, 2.75) is 146 Å². The fourth-order valence-electron chi connectivity index (χ4n) is 7.99. The molecule has 2 aliphatic heterocycles. The lowest BCUT2D eigenvalue weighted by molar-refractivity contribution is -0.144. The Morgan fingerprint density at radius 1 is 1.02 bits per heavy atom. The fraction of sp³-hybridized carbons (Fsp3) is 0.692. The van der Waals surface area contributed by atoms with Crippen LogP contribution in [0.1, 0.15) is 105 Å². The minimum Gasteiger partial charge on any atom is -0.471 e. The van der Waals surface area contributed by atoms with E-state index in [-0.39, 0.29) is 36.7 Å². The van der Waals surface area contributed by atoms with Gasteiger partial charge in [0.25, 0.3) is 11.8 Å². The molecule has 14 nitrogen and oxygen atoms in total. The van der Waals surface area contributed by atoms with E-state index in [4.69, 9.17) is 9.47 Å². The van der Waals surface area contributed by atoms with Gasteiger partial charge in [-0.2, -0.15) is 8.78 Å². The fourth-order valence-corrected chi connectivity index (χ4v) is 9.35. The number of amides is 4. The van der Waals surface area contributed by atoms with Gasteiger partial charge in [0.05, 0.1) is 28.7 Å². The average molecular weight is 841 g/mol. The van der Waals surface area contributed by atoms with E-state index in [9.17, 15) is 36.4 Å². The van der Waals surface area contributed by atoms with E-state index in [1.54, 1.807) is 52.8 Å². The summed E-state index contributed by atoms with van der Waals surface area (Å²) < 4.78 is 100. The number of benzene rings is 1. The molecule has 3 N–H and O–H groups in total. The molecule has 4 amide bonds. The largest absolute Gasteiger partial charge is 0.471 e. The van der Waals surface area contributed by atoms with Crippen molar-refractivity contribution < 1.29 is 54.6 Å². The van der Waals surface area contributed by atoms with Gasteiger partial charge in [-0.15, -0.1) is 0 Å². The van der Waals surface area contributed by atoms with Crippen molar-refractivity contribution in [2.24, 2.45) is 17.3 Å². The average Bonchev–Trinajstić information content (AvgIpc) is 4.07. The number of nitrogens with zero attached hydrogens (tertiary/aromatic N) is 3. The first-order chi connectivity index (χ1) is 27.2. The molecule has 1 aromatic carbocycles. The van der Waals surface area contributed by atoms with Gasteiger partial charge in [-0.1, -0.05) is 52.7 Å². The highest BCUT2D eigenvalue weighted by molar-refractivity contribution is 7.91.